The molecule has 0 fully saturated rings. The lowest BCUT2D eigenvalue weighted by Gasteiger charge is -2.27. The second-order valence-electron chi connectivity index (χ2n) is 7.60. The molecule has 0 aliphatic carbocycles. The van der Waals surface area contributed by atoms with Gasteiger partial charge in [0.05, 0.1) is 18.6 Å². The van der Waals surface area contributed by atoms with Crippen LogP contribution in [0, 0.1) is 18.3 Å². The number of rotatable bonds is 5. The van der Waals surface area contributed by atoms with Gasteiger partial charge in [-0.1, -0.05) is 35.9 Å². The molecule has 1 atom stereocenters. The highest BCUT2D eigenvalue weighted by Gasteiger charge is 2.34. The molecular formula is C25H22ClN3O3. The van der Waals surface area contributed by atoms with Crippen molar-refractivity contribution in [3.8, 4) is 17.6 Å². The van der Waals surface area contributed by atoms with E-state index in [1.165, 1.54) is 0 Å². The van der Waals surface area contributed by atoms with Crippen molar-refractivity contribution in [3.63, 3.8) is 0 Å². The van der Waals surface area contributed by atoms with Crippen LogP contribution >= 0.6 is 11.6 Å². The highest BCUT2D eigenvalue weighted by atomic mass is 35.5. The van der Waals surface area contributed by atoms with Crippen LogP contribution in [0.25, 0.3) is 0 Å². The molecule has 0 saturated heterocycles. The minimum Gasteiger partial charge on any atom is -0.497 e. The van der Waals surface area contributed by atoms with E-state index < -0.39 is 5.92 Å². The van der Waals surface area contributed by atoms with Crippen LogP contribution in [0.2, 0.25) is 5.02 Å². The standard InChI is InChI=1S/C25H22ClN3O3/c1-15-12-21-23(25(30)29(15)11-10-16-6-8-19(31-2)9-7-16)22(20(14-27)24(28)32-21)17-4-3-5-18(26)13-17/h3-9,12-13,22H,10-11,28H2,1-2H3. The van der Waals surface area contributed by atoms with Crippen molar-refractivity contribution in [1.82, 2.24) is 4.57 Å². The van der Waals surface area contributed by atoms with Crippen LogP contribution in [0.15, 0.2) is 70.8 Å². The molecule has 2 N–H and O–H groups in total. The number of hydrogen-bond donors (Lipinski definition) is 1. The van der Waals surface area contributed by atoms with Gasteiger partial charge in [-0.05, 0) is 48.7 Å². The second kappa shape index (κ2) is 8.81. The van der Waals surface area contributed by atoms with Gasteiger partial charge >= 0.3 is 0 Å². The van der Waals surface area contributed by atoms with Gasteiger partial charge in [0, 0.05) is 23.3 Å². The maximum absolute atomic E-state index is 13.7. The molecule has 1 aliphatic heterocycles. The lowest BCUT2D eigenvalue weighted by atomic mass is 9.84. The molecular weight excluding hydrogens is 426 g/mol. The predicted octanol–water partition coefficient (Wildman–Crippen LogP) is 4.28. The maximum atomic E-state index is 13.7. The van der Waals surface area contributed by atoms with Crippen LogP contribution in [-0.2, 0) is 13.0 Å². The number of aryl methyl sites for hydroxylation is 2. The summed E-state index contributed by atoms with van der Waals surface area (Å²) in [5, 5.41) is 10.3. The van der Waals surface area contributed by atoms with Crippen LogP contribution in [0.3, 0.4) is 0 Å². The molecule has 162 valence electrons. The van der Waals surface area contributed by atoms with E-state index in [0.29, 0.717) is 34.9 Å². The number of nitriles is 1. The van der Waals surface area contributed by atoms with E-state index in [1.54, 1.807) is 35.9 Å². The average Bonchev–Trinajstić information content (AvgIpc) is 2.78. The Hall–Kier alpha value is -3.69. The number of nitrogens with two attached hydrogens (primary N) is 1. The summed E-state index contributed by atoms with van der Waals surface area (Å²) < 4.78 is 12.6. The monoisotopic (exact) mass is 447 g/mol. The number of aromatic nitrogens is 1. The van der Waals surface area contributed by atoms with E-state index in [0.717, 1.165) is 17.0 Å². The summed E-state index contributed by atoms with van der Waals surface area (Å²) in [6, 6.07) is 18.8. The summed E-state index contributed by atoms with van der Waals surface area (Å²) in [5.41, 5.74) is 8.97. The third-order valence-corrected chi connectivity index (χ3v) is 5.89. The SMILES string of the molecule is COc1ccc(CCn2c(C)cc3c(c2=O)C(c2cccc(Cl)c2)C(C#N)=C(N)O3)cc1. The molecule has 7 heteroatoms. The molecule has 0 bridgehead atoms. The van der Waals surface area contributed by atoms with Crippen LogP contribution in [0.4, 0.5) is 0 Å². The third-order valence-electron chi connectivity index (χ3n) is 5.66. The van der Waals surface area contributed by atoms with Crippen molar-refractivity contribution in [2.75, 3.05) is 7.11 Å². The summed E-state index contributed by atoms with van der Waals surface area (Å²) >= 11 is 6.20. The fourth-order valence-corrected chi connectivity index (χ4v) is 4.22. The molecule has 0 radical (unpaired) electrons. The van der Waals surface area contributed by atoms with Crippen molar-refractivity contribution in [2.24, 2.45) is 5.73 Å². The van der Waals surface area contributed by atoms with Gasteiger partial charge < -0.3 is 19.8 Å². The fourth-order valence-electron chi connectivity index (χ4n) is 4.02. The van der Waals surface area contributed by atoms with Gasteiger partial charge in [-0.2, -0.15) is 5.26 Å². The lowest BCUT2D eigenvalue weighted by Crippen LogP contribution is -2.33. The average molecular weight is 448 g/mol. The molecule has 0 saturated carbocycles. The topological polar surface area (TPSA) is 90.3 Å². The van der Waals surface area contributed by atoms with Crippen LogP contribution < -0.4 is 20.8 Å². The molecule has 3 aromatic rings. The quantitative estimate of drug-likeness (QED) is 0.630. The number of hydrogen-bond acceptors (Lipinski definition) is 5. The van der Waals surface area contributed by atoms with Crippen LogP contribution in [-0.4, -0.2) is 11.7 Å². The minimum absolute atomic E-state index is 0.000224. The second-order valence-corrected chi connectivity index (χ2v) is 8.03. The molecule has 1 aliphatic rings. The summed E-state index contributed by atoms with van der Waals surface area (Å²) in [7, 11) is 1.63. The van der Waals surface area contributed by atoms with E-state index in [9.17, 15) is 10.1 Å². The Kier molecular flexibility index (Phi) is 5.93. The zero-order chi connectivity index (χ0) is 22.8. The molecule has 1 unspecified atom stereocenters. The van der Waals surface area contributed by atoms with E-state index in [1.807, 2.05) is 37.3 Å². The van der Waals surface area contributed by atoms with Crippen molar-refractivity contribution in [2.45, 2.75) is 25.8 Å². The minimum atomic E-state index is -0.650. The maximum Gasteiger partial charge on any atom is 0.258 e. The third kappa shape index (κ3) is 3.95. The van der Waals surface area contributed by atoms with E-state index in [2.05, 4.69) is 6.07 Å². The van der Waals surface area contributed by atoms with Gasteiger partial charge in [0.15, 0.2) is 0 Å². The van der Waals surface area contributed by atoms with Crippen molar-refractivity contribution in [3.05, 3.63) is 104 Å². The highest BCUT2D eigenvalue weighted by molar-refractivity contribution is 6.30. The Bertz CT molecular complexity index is 1300. The molecule has 32 heavy (non-hydrogen) atoms. The largest absolute Gasteiger partial charge is 0.497 e. The predicted molar refractivity (Wildman–Crippen MR) is 123 cm³/mol. The smallest absolute Gasteiger partial charge is 0.258 e. The molecule has 0 amide bonds. The Labute approximate surface area is 191 Å². The molecule has 2 heterocycles. The summed E-state index contributed by atoms with van der Waals surface area (Å²) in [5.74, 6) is 0.503. The molecule has 0 spiro atoms. The normalized spacial score (nSPS) is 15.0. The highest BCUT2D eigenvalue weighted by Crippen LogP contribution is 2.41. The van der Waals surface area contributed by atoms with Gasteiger partial charge in [0.2, 0.25) is 5.88 Å². The van der Waals surface area contributed by atoms with E-state index in [-0.39, 0.29) is 17.0 Å². The number of pyridine rings is 1. The number of methoxy groups -OCH3 is 1. The first-order valence-corrected chi connectivity index (χ1v) is 10.5. The Morgan fingerprint density at radius 3 is 2.62 bits per heavy atom. The number of allylic oxidation sites excluding steroid dienone is 1. The zero-order valence-electron chi connectivity index (χ0n) is 17.8. The number of benzene rings is 2. The first-order chi connectivity index (χ1) is 15.4. The van der Waals surface area contributed by atoms with Gasteiger partial charge in [-0.3, -0.25) is 4.79 Å². The van der Waals surface area contributed by atoms with E-state index in [4.69, 9.17) is 26.8 Å². The lowest BCUT2D eigenvalue weighted by molar-refractivity contribution is 0.388. The van der Waals surface area contributed by atoms with Crippen molar-refractivity contribution < 1.29 is 9.47 Å². The summed E-state index contributed by atoms with van der Waals surface area (Å²) in [6.07, 6.45) is 0.662. The number of nitrogens with zero attached hydrogens (tertiary/aromatic N) is 2. The van der Waals surface area contributed by atoms with Crippen LogP contribution in [0.1, 0.15) is 28.3 Å². The summed E-state index contributed by atoms with van der Waals surface area (Å²) in [4.78, 5) is 13.7. The Morgan fingerprint density at radius 2 is 1.97 bits per heavy atom. The first-order valence-electron chi connectivity index (χ1n) is 10.1. The first kappa shape index (κ1) is 21.5. The van der Waals surface area contributed by atoms with Crippen molar-refractivity contribution >= 4 is 11.6 Å². The number of ether oxygens (including phenoxy) is 2. The number of halogens is 1. The van der Waals surface area contributed by atoms with Gasteiger partial charge in [-0.15, -0.1) is 0 Å². The molecule has 4 rings (SSSR count). The molecule has 6 nitrogen and oxygen atoms in total. The van der Waals surface area contributed by atoms with Crippen molar-refractivity contribution in [1.29, 1.82) is 5.26 Å². The molecule has 1 aromatic heterocycles. The van der Waals surface area contributed by atoms with Gasteiger partial charge in [-0.25, -0.2) is 0 Å². The number of fused-ring (bicyclic) bond motifs is 1. The fraction of sp³-hybridized carbons (Fsp3) is 0.200. The van der Waals surface area contributed by atoms with E-state index >= 15 is 0 Å². The molecule has 2 aromatic carbocycles. The zero-order valence-corrected chi connectivity index (χ0v) is 18.5. The Morgan fingerprint density at radius 1 is 1.22 bits per heavy atom. The summed E-state index contributed by atoms with van der Waals surface area (Å²) in [6.45, 7) is 2.33. The Balaban J connectivity index is 1.78. The van der Waals surface area contributed by atoms with Gasteiger partial charge in [0.1, 0.15) is 23.1 Å². The van der Waals surface area contributed by atoms with Crippen LogP contribution in [0.5, 0.6) is 11.5 Å². The van der Waals surface area contributed by atoms with Gasteiger partial charge in [0.25, 0.3) is 5.56 Å².